The highest BCUT2D eigenvalue weighted by atomic mass is 35.5. The summed E-state index contributed by atoms with van der Waals surface area (Å²) in [6.07, 6.45) is 16.8. The standard InChI is InChI=1S/C22H30ClN5O/c23-18-7-8-20(24-16-18)27-21(29)22(11-3-4-12-25-22)26-15-17-9-13-28(14-10-17)19-5-1-2-6-19/h3-4,7-8,11-12,16-17,19,25-26H,1-2,5-6,9-10,13-15H2,(H,24,27,29). The molecule has 1 amide bonds. The van der Waals surface area contributed by atoms with Gasteiger partial charge in [0.1, 0.15) is 5.82 Å². The molecule has 3 heterocycles. The average Bonchev–Trinajstić information content (AvgIpc) is 3.30. The number of halogens is 1. The molecule has 1 unspecified atom stereocenters. The lowest BCUT2D eigenvalue weighted by atomic mass is 9.94. The summed E-state index contributed by atoms with van der Waals surface area (Å²) >= 11 is 5.89. The Morgan fingerprint density at radius 2 is 2.00 bits per heavy atom. The first-order valence-electron chi connectivity index (χ1n) is 10.7. The van der Waals surface area contributed by atoms with E-state index in [0.717, 1.165) is 12.6 Å². The lowest BCUT2D eigenvalue weighted by Crippen LogP contribution is -2.63. The Kier molecular flexibility index (Phi) is 6.53. The van der Waals surface area contributed by atoms with Crippen molar-refractivity contribution in [3.8, 4) is 0 Å². The predicted octanol–water partition coefficient (Wildman–Crippen LogP) is 3.29. The fourth-order valence-corrected chi connectivity index (χ4v) is 4.69. The molecular weight excluding hydrogens is 386 g/mol. The van der Waals surface area contributed by atoms with Crippen molar-refractivity contribution in [1.82, 2.24) is 20.5 Å². The molecule has 3 N–H and O–H groups in total. The fraction of sp³-hybridized carbons (Fsp3) is 0.545. The molecular formula is C22H30ClN5O. The van der Waals surface area contributed by atoms with Gasteiger partial charge < -0.3 is 15.5 Å². The van der Waals surface area contributed by atoms with Crippen LogP contribution in [-0.2, 0) is 4.79 Å². The Hall–Kier alpha value is -1.89. The van der Waals surface area contributed by atoms with E-state index in [9.17, 15) is 4.79 Å². The quantitative estimate of drug-likeness (QED) is 0.665. The summed E-state index contributed by atoms with van der Waals surface area (Å²) in [6.45, 7) is 3.15. The van der Waals surface area contributed by atoms with Gasteiger partial charge in [0.25, 0.3) is 5.91 Å². The van der Waals surface area contributed by atoms with Crippen molar-refractivity contribution < 1.29 is 4.79 Å². The number of pyridine rings is 1. The van der Waals surface area contributed by atoms with E-state index in [0.29, 0.717) is 16.8 Å². The van der Waals surface area contributed by atoms with E-state index in [1.807, 2.05) is 18.2 Å². The topological polar surface area (TPSA) is 69.3 Å². The maximum Gasteiger partial charge on any atom is 0.270 e. The molecule has 7 heteroatoms. The molecule has 1 aliphatic carbocycles. The zero-order valence-corrected chi connectivity index (χ0v) is 17.5. The molecule has 156 valence electrons. The van der Waals surface area contributed by atoms with Gasteiger partial charge >= 0.3 is 0 Å². The number of allylic oxidation sites excluding steroid dienone is 2. The minimum atomic E-state index is -0.974. The number of nitrogens with one attached hydrogen (secondary N) is 3. The first kappa shape index (κ1) is 20.4. The van der Waals surface area contributed by atoms with Crippen LogP contribution in [-0.4, -0.2) is 47.1 Å². The smallest absolute Gasteiger partial charge is 0.270 e. The number of dihydropyridines is 1. The Morgan fingerprint density at radius 3 is 2.66 bits per heavy atom. The number of likely N-dealkylation sites (tertiary alicyclic amines) is 1. The molecule has 29 heavy (non-hydrogen) atoms. The summed E-state index contributed by atoms with van der Waals surface area (Å²) in [7, 11) is 0. The zero-order chi connectivity index (χ0) is 20.1. The van der Waals surface area contributed by atoms with Crippen LogP contribution in [0.15, 0.2) is 42.8 Å². The number of nitrogens with zero attached hydrogens (tertiary/aromatic N) is 2. The van der Waals surface area contributed by atoms with Gasteiger partial charge in [0.2, 0.25) is 0 Å². The summed E-state index contributed by atoms with van der Waals surface area (Å²) in [5.74, 6) is 0.874. The van der Waals surface area contributed by atoms with Crippen molar-refractivity contribution in [1.29, 1.82) is 0 Å². The number of piperidine rings is 1. The maximum atomic E-state index is 13.1. The first-order valence-corrected chi connectivity index (χ1v) is 11.1. The van der Waals surface area contributed by atoms with Gasteiger partial charge in [0.15, 0.2) is 5.66 Å². The second kappa shape index (κ2) is 9.28. The second-order valence-corrected chi connectivity index (χ2v) is 8.72. The van der Waals surface area contributed by atoms with Crippen LogP contribution in [0.4, 0.5) is 5.82 Å². The van der Waals surface area contributed by atoms with E-state index in [1.54, 1.807) is 18.3 Å². The summed E-state index contributed by atoms with van der Waals surface area (Å²) in [5.41, 5.74) is -0.974. The zero-order valence-electron chi connectivity index (χ0n) is 16.7. The maximum absolute atomic E-state index is 13.1. The number of hydrogen-bond donors (Lipinski definition) is 3. The normalized spacial score (nSPS) is 25.8. The molecule has 0 radical (unpaired) electrons. The van der Waals surface area contributed by atoms with Crippen LogP contribution < -0.4 is 16.0 Å². The molecule has 1 aromatic rings. The minimum absolute atomic E-state index is 0.184. The number of rotatable bonds is 6. The molecule has 3 aliphatic rings. The molecule has 2 fully saturated rings. The highest BCUT2D eigenvalue weighted by Gasteiger charge is 2.37. The largest absolute Gasteiger partial charge is 0.362 e. The van der Waals surface area contributed by atoms with Gasteiger partial charge in [0, 0.05) is 18.8 Å². The van der Waals surface area contributed by atoms with Crippen molar-refractivity contribution in [3.63, 3.8) is 0 Å². The monoisotopic (exact) mass is 415 g/mol. The summed E-state index contributed by atoms with van der Waals surface area (Å²) in [6, 6.07) is 4.22. The van der Waals surface area contributed by atoms with Crippen molar-refractivity contribution in [2.24, 2.45) is 5.92 Å². The van der Waals surface area contributed by atoms with Crippen LogP contribution in [0.25, 0.3) is 0 Å². The Balaban J connectivity index is 1.33. The number of carbonyl (C=O) groups is 1. The van der Waals surface area contributed by atoms with Gasteiger partial charge in [-0.1, -0.05) is 30.5 Å². The third kappa shape index (κ3) is 5.00. The molecule has 1 saturated heterocycles. The van der Waals surface area contributed by atoms with Gasteiger partial charge in [-0.3, -0.25) is 10.1 Å². The van der Waals surface area contributed by atoms with Gasteiger partial charge in [-0.25, -0.2) is 4.98 Å². The van der Waals surface area contributed by atoms with E-state index in [2.05, 4.69) is 25.8 Å². The second-order valence-electron chi connectivity index (χ2n) is 8.28. The van der Waals surface area contributed by atoms with Crippen molar-refractivity contribution in [2.75, 3.05) is 25.0 Å². The van der Waals surface area contributed by atoms with Crippen molar-refractivity contribution in [3.05, 3.63) is 47.8 Å². The number of amides is 1. The third-order valence-corrected chi connectivity index (χ3v) is 6.58. The molecule has 1 atom stereocenters. The molecule has 4 rings (SSSR count). The summed E-state index contributed by atoms with van der Waals surface area (Å²) < 4.78 is 0. The molecule has 6 nitrogen and oxygen atoms in total. The van der Waals surface area contributed by atoms with Gasteiger partial charge in [-0.2, -0.15) is 0 Å². The molecule has 2 aliphatic heterocycles. The van der Waals surface area contributed by atoms with E-state index in [4.69, 9.17) is 11.6 Å². The SMILES string of the molecule is O=C(Nc1ccc(Cl)cn1)C1(NCC2CCN(C3CCCC3)CC2)C=CC=CN1. The number of aromatic nitrogens is 1. The van der Waals surface area contributed by atoms with Gasteiger partial charge in [0.05, 0.1) is 5.02 Å². The van der Waals surface area contributed by atoms with Crippen molar-refractivity contribution in [2.45, 2.75) is 50.2 Å². The fourth-order valence-electron chi connectivity index (χ4n) is 4.58. The third-order valence-electron chi connectivity index (χ3n) is 6.35. The summed E-state index contributed by atoms with van der Waals surface area (Å²) in [5, 5.41) is 10.1. The van der Waals surface area contributed by atoms with Crippen LogP contribution in [0, 0.1) is 5.92 Å². The van der Waals surface area contributed by atoms with Crippen LogP contribution >= 0.6 is 11.6 Å². The Labute approximate surface area is 177 Å². The minimum Gasteiger partial charge on any atom is -0.362 e. The van der Waals surface area contributed by atoms with Crippen LogP contribution in [0.1, 0.15) is 38.5 Å². The van der Waals surface area contributed by atoms with Crippen LogP contribution in [0.5, 0.6) is 0 Å². The van der Waals surface area contributed by atoms with Crippen LogP contribution in [0.2, 0.25) is 5.02 Å². The molecule has 1 saturated carbocycles. The highest BCUT2D eigenvalue weighted by molar-refractivity contribution is 6.30. The van der Waals surface area contributed by atoms with Crippen molar-refractivity contribution >= 4 is 23.3 Å². The molecule has 0 aromatic carbocycles. The van der Waals surface area contributed by atoms with E-state index in [1.165, 1.54) is 57.8 Å². The average molecular weight is 416 g/mol. The summed E-state index contributed by atoms with van der Waals surface area (Å²) in [4.78, 5) is 19.9. The van der Waals surface area contributed by atoms with E-state index in [-0.39, 0.29) is 5.91 Å². The Bertz CT molecular complexity index is 751. The van der Waals surface area contributed by atoms with E-state index >= 15 is 0 Å². The number of anilines is 1. The first-order chi connectivity index (χ1) is 14.1. The molecule has 0 spiro atoms. The lowest BCUT2D eigenvalue weighted by Gasteiger charge is -2.38. The predicted molar refractivity (Wildman–Crippen MR) is 117 cm³/mol. The lowest BCUT2D eigenvalue weighted by molar-refractivity contribution is -0.121. The van der Waals surface area contributed by atoms with Crippen LogP contribution in [0.3, 0.4) is 0 Å². The van der Waals surface area contributed by atoms with Gasteiger partial charge in [-0.15, -0.1) is 0 Å². The molecule has 1 aromatic heterocycles. The van der Waals surface area contributed by atoms with E-state index < -0.39 is 5.66 Å². The van der Waals surface area contributed by atoms with Gasteiger partial charge in [-0.05, 0) is 75.2 Å². The number of carbonyl (C=O) groups excluding carboxylic acids is 1. The highest BCUT2D eigenvalue weighted by Crippen LogP contribution is 2.28. The Morgan fingerprint density at radius 1 is 1.21 bits per heavy atom. The molecule has 0 bridgehead atoms. The number of hydrogen-bond acceptors (Lipinski definition) is 5.